The fourth-order valence-electron chi connectivity index (χ4n) is 2.12. The van der Waals surface area contributed by atoms with E-state index in [2.05, 4.69) is 15.4 Å². The maximum Gasteiger partial charge on any atom is 0.411 e. The Kier molecular flexibility index (Phi) is 3.07. The highest BCUT2D eigenvalue weighted by Crippen LogP contribution is 2.41. The molecule has 2 N–H and O–H groups in total. The average molecular weight is 238 g/mol. The number of halogens is 3. The second-order valence-electron chi connectivity index (χ2n) is 4.19. The van der Waals surface area contributed by atoms with E-state index < -0.39 is 25.3 Å². The number of carbonyl (C=O) groups is 1. The first-order valence-electron chi connectivity index (χ1n) is 5.12. The summed E-state index contributed by atoms with van der Waals surface area (Å²) in [5, 5.41) is 5.83. The molecule has 0 radical (unpaired) electrons. The molecule has 2 aliphatic rings. The normalized spacial score (nSPS) is 32.3. The summed E-state index contributed by atoms with van der Waals surface area (Å²) in [5.74, 6) is 0.432. The third-order valence-corrected chi connectivity index (χ3v) is 2.92. The number of hydrogen-bond donors (Lipinski definition) is 2. The summed E-state index contributed by atoms with van der Waals surface area (Å²) in [5.41, 5.74) is 0. The zero-order valence-electron chi connectivity index (χ0n) is 8.51. The van der Waals surface area contributed by atoms with Gasteiger partial charge < -0.3 is 15.4 Å². The van der Waals surface area contributed by atoms with Crippen LogP contribution >= 0.6 is 0 Å². The molecule has 0 aromatic rings. The van der Waals surface area contributed by atoms with Crippen molar-refractivity contribution >= 4 is 5.91 Å². The molecule has 2 rings (SSSR count). The third kappa shape index (κ3) is 2.85. The van der Waals surface area contributed by atoms with Crippen molar-refractivity contribution in [3.05, 3.63) is 0 Å². The van der Waals surface area contributed by atoms with Gasteiger partial charge in [-0.3, -0.25) is 4.79 Å². The van der Waals surface area contributed by atoms with Gasteiger partial charge in [0.25, 0.3) is 0 Å². The predicted molar refractivity (Wildman–Crippen MR) is 48.7 cm³/mol. The monoisotopic (exact) mass is 238 g/mol. The Hall–Kier alpha value is -0.820. The lowest BCUT2D eigenvalue weighted by Crippen LogP contribution is -2.35. The summed E-state index contributed by atoms with van der Waals surface area (Å²) >= 11 is 0. The Balaban J connectivity index is 1.59. The van der Waals surface area contributed by atoms with Crippen LogP contribution in [0.25, 0.3) is 0 Å². The van der Waals surface area contributed by atoms with Crippen LogP contribution in [-0.4, -0.2) is 44.4 Å². The van der Waals surface area contributed by atoms with Crippen LogP contribution in [0, 0.1) is 11.8 Å². The van der Waals surface area contributed by atoms with Crippen LogP contribution in [0.2, 0.25) is 0 Å². The lowest BCUT2D eigenvalue weighted by Gasteiger charge is -2.09. The van der Waals surface area contributed by atoms with Crippen molar-refractivity contribution in [2.75, 3.05) is 26.3 Å². The number of hydrogen-bond acceptors (Lipinski definition) is 3. The van der Waals surface area contributed by atoms with Crippen molar-refractivity contribution in [2.24, 2.45) is 11.8 Å². The van der Waals surface area contributed by atoms with Gasteiger partial charge in [-0.2, -0.15) is 13.2 Å². The van der Waals surface area contributed by atoms with Crippen molar-refractivity contribution in [3.8, 4) is 0 Å². The Morgan fingerprint density at radius 3 is 2.56 bits per heavy atom. The molecule has 92 valence electrons. The number of piperidine rings is 1. The van der Waals surface area contributed by atoms with Gasteiger partial charge in [-0.25, -0.2) is 0 Å². The van der Waals surface area contributed by atoms with Crippen LogP contribution in [0.15, 0.2) is 0 Å². The van der Waals surface area contributed by atoms with Gasteiger partial charge in [-0.15, -0.1) is 0 Å². The Morgan fingerprint density at radius 2 is 2.00 bits per heavy atom. The molecular weight excluding hydrogens is 225 g/mol. The SMILES string of the molecule is O=C(COCC(F)(F)F)NC1C2CNCC21. The summed E-state index contributed by atoms with van der Waals surface area (Å²) in [6.45, 7) is -0.152. The first-order valence-corrected chi connectivity index (χ1v) is 5.12. The zero-order chi connectivity index (χ0) is 11.8. The van der Waals surface area contributed by atoms with Gasteiger partial charge in [0.1, 0.15) is 13.2 Å². The van der Waals surface area contributed by atoms with E-state index in [0.29, 0.717) is 11.8 Å². The lowest BCUT2D eigenvalue weighted by atomic mass is 10.4. The van der Waals surface area contributed by atoms with Crippen molar-refractivity contribution in [1.29, 1.82) is 0 Å². The fourth-order valence-corrected chi connectivity index (χ4v) is 2.12. The van der Waals surface area contributed by atoms with Crippen LogP contribution in [0.3, 0.4) is 0 Å². The summed E-state index contributed by atoms with van der Waals surface area (Å²) in [4.78, 5) is 11.2. The second-order valence-corrected chi connectivity index (χ2v) is 4.19. The Bertz CT molecular complexity index is 272. The van der Waals surface area contributed by atoms with Crippen LogP contribution in [0.1, 0.15) is 0 Å². The van der Waals surface area contributed by atoms with Crippen molar-refractivity contribution in [1.82, 2.24) is 10.6 Å². The Labute approximate surface area is 90.5 Å². The Morgan fingerprint density at radius 1 is 1.38 bits per heavy atom. The quantitative estimate of drug-likeness (QED) is 0.719. The van der Waals surface area contributed by atoms with Gasteiger partial charge in [-0.1, -0.05) is 0 Å². The molecule has 2 fully saturated rings. The van der Waals surface area contributed by atoms with E-state index in [1.165, 1.54) is 0 Å². The number of nitrogens with one attached hydrogen (secondary N) is 2. The highest BCUT2D eigenvalue weighted by atomic mass is 19.4. The highest BCUT2D eigenvalue weighted by molar-refractivity contribution is 5.78. The van der Waals surface area contributed by atoms with E-state index in [1.807, 2.05) is 0 Å². The second kappa shape index (κ2) is 4.21. The van der Waals surface area contributed by atoms with Crippen molar-refractivity contribution in [3.63, 3.8) is 0 Å². The molecule has 2 atom stereocenters. The minimum atomic E-state index is -4.37. The maximum atomic E-state index is 11.7. The molecular formula is C9H13F3N2O2. The van der Waals surface area contributed by atoms with E-state index >= 15 is 0 Å². The molecule has 1 saturated carbocycles. The number of carbonyl (C=O) groups excluding carboxylic acids is 1. The van der Waals surface area contributed by atoms with Crippen molar-refractivity contribution < 1.29 is 22.7 Å². The first-order chi connectivity index (χ1) is 7.47. The summed E-state index contributed by atoms with van der Waals surface area (Å²) in [7, 11) is 0. The molecule has 1 heterocycles. The molecule has 1 amide bonds. The van der Waals surface area contributed by atoms with Crippen LogP contribution < -0.4 is 10.6 Å². The number of amides is 1. The molecule has 16 heavy (non-hydrogen) atoms. The molecule has 2 unspecified atom stereocenters. The van der Waals surface area contributed by atoms with Crippen LogP contribution in [0.5, 0.6) is 0 Å². The minimum Gasteiger partial charge on any atom is -0.362 e. The molecule has 0 aromatic carbocycles. The van der Waals surface area contributed by atoms with E-state index in [1.54, 1.807) is 0 Å². The molecule has 1 saturated heterocycles. The van der Waals surface area contributed by atoms with E-state index in [-0.39, 0.29) is 6.04 Å². The molecule has 0 bridgehead atoms. The predicted octanol–water partition coefficient (Wildman–Crippen LogP) is -0.101. The molecule has 1 aliphatic carbocycles. The smallest absolute Gasteiger partial charge is 0.362 e. The number of rotatable bonds is 4. The van der Waals surface area contributed by atoms with Crippen LogP contribution in [-0.2, 0) is 9.53 Å². The molecule has 7 heteroatoms. The number of alkyl halides is 3. The topological polar surface area (TPSA) is 50.4 Å². The summed E-state index contributed by atoms with van der Waals surface area (Å²) in [6.07, 6.45) is -4.37. The summed E-state index contributed by atoms with van der Waals surface area (Å²) in [6, 6.07) is 0.128. The molecule has 0 aromatic heterocycles. The van der Waals surface area contributed by atoms with Gasteiger partial charge in [0.05, 0.1) is 0 Å². The molecule has 0 spiro atoms. The van der Waals surface area contributed by atoms with E-state index in [9.17, 15) is 18.0 Å². The molecule has 1 aliphatic heterocycles. The standard InChI is InChI=1S/C9H13F3N2O2/c10-9(11,12)4-16-3-7(15)14-8-5-1-13-2-6(5)8/h5-6,8,13H,1-4H2,(H,14,15). The van der Waals surface area contributed by atoms with Crippen molar-refractivity contribution in [2.45, 2.75) is 12.2 Å². The maximum absolute atomic E-state index is 11.7. The zero-order valence-corrected chi connectivity index (χ0v) is 8.51. The van der Waals surface area contributed by atoms with Gasteiger partial charge in [0.15, 0.2) is 0 Å². The lowest BCUT2D eigenvalue weighted by molar-refractivity contribution is -0.175. The largest absolute Gasteiger partial charge is 0.411 e. The van der Waals surface area contributed by atoms with E-state index in [4.69, 9.17) is 0 Å². The van der Waals surface area contributed by atoms with Crippen LogP contribution in [0.4, 0.5) is 13.2 Å². The van der Waals surface area contributed by atoms with Gasteiger partial charge in [0, 0.05) is 19.1 Å². The number of ether oxygens (including phenoxy) is 1. The van der Waals surface area contributed by atoms with Gasteiger partial charge >= 0.3 is 6.18 Å². The highest BCUT2D eigenvalue weighted by Gasteiger charge is 2.53. The van der Waals surface area contributed by atoms with Gasteiger partial charge in [0.2, 0.25) is 5.91 Å². The van der Waals surface area contributed by atoms with E-state index in [0.717, 1.165) is 13.1 Å². The summed E-state index contributed by atoms with van der Waals surface area (Å²) < 4.78 is 39.4. The fraction of sp³-hybridized carbons (Fsp3) is 0.889. The minimum absolute atomic E-state index is 0.128. The average Bonchev–Trinajstić information content (AvgIpc) is 2.59. The third-order valence-electron chi connectivity index (χ3n) is 2.92. The molecule has 4 nitrogen and oxygen atoms in total. The number of fused-ring (bicyclic) bond motifs is 1. The van der Waals surface area contributed by atoms with Gasteiger partial charge in [-0.05, 0) is 11.8 Å². The first kappa shape index (κ1) is 11.7.